The van der Waals surface area contributed by atoms with Crippen LogP contribution < -0.4 is 5.32 Å². The molecule has 7 heteroatoms. The maximum absolute atomic E-state index is 12.4. The molecule has 0 saturated carbocycles. The van der Waals surface area contributed by atoms with E-state index in [0.717, 1.165) is 64.2 Å². The van der Waals surface area contributed by atoms with Crippen LogP contribution in [0.3, 0.4) is 0 Å². The minimum atomic E-state index is -4.35. The lowest BCUT2D eigenvalue weighted by Gasteiger charge is -2.21. The van der Waals surface area contributed by atoms with Gasteiger partial charge in [-0.2, -0.15) is 8.42 Å². The number of rotatable bonds is 30. The second kappa shape index (κ2) is 31.7. The second-order valence-electron chi connectivity index (χ2n) is 11.8. The Balaban J connectivity index is 3.97. The standard InChI is InChI=1S/C38H65NO5S/c1-3-5-7-9-11-13-14-15-16-17-18-19-20-21-22-23-24-26-28-30-32-34-38(41)39-36(35-45(42,43)44)37(40)33-31-29-27-25-12-10-8-6-4-2/h5,7,11-13,15-16,18-19,25,31,33,36-37,40H,3-4,6,8-10,14,17,20-24,26-30,32,34-35H2,1-2H3,(H,39,41)(H,42,43,44)/b7-5-,13-11-,16-15-,19-18-,25-12+,33-31+. The highest BCUT2D eigenvalue weighted by Gasteiger charge is 2.24. The van der Waals surface area contributed by atoms with E-state index < -0.39 is 28.0 Å². The average Bonchev–Trinajstić information content (AvgIpc) is 3.00. The fourth-order valence-electron chi connectivity index (χ4n) is 4.75. The topological polar surface area (TPSA) is 104 Å². The van der Waals surface area contributed by atoms with Crippen molar-refractivity contribution in [2.45, 2.75) is 154 Å². The van der Waals surface area contributed by atoms with Crippen molar-refractivity contribution in [3.63, 3.8) is 0 Å². The molecule has 0 spiro atoms. The fraction of sp³-hybridized carbons (Fsp3) is 0.658. The van der Waals surface area contributed by atoms with Crippen LogP contribution in [0.2, 0.25) is 0 Å². The number of carbonyl (C=O) groups is 1. The van der Waals surface area contributed by atoms with Crippen molar-refractivity contribution in [2.24, 2.45) is 0 Å². The Labute approximate surface area is 276 Å². The van der Waals surface area contributed by atoms with E-state index in [-0.39, 0.29) is 12.3 Å². The molecule has 1 amide bonds. The van der Waals surface area contributed by atoms with Crippen molar-refractivity contribution < 1.29 is 22.9 Å². The minimum Gasteiger partial charge on any atom is -0.387 e. The van der Waals surface area contributed by atoms with E-state index in [2.05, 4.69) is 79.9 Å². The van der Waals surface area contributed by atoms with Gasteiger partial charge in [0, 0.05) is 6.42 Å². The molecule has 0 aromatic rings. The van der Waals surface area contributed by atoms with Gasteiger partial charge in [-0.05, 0) is 70.6 Å². The van der Waals surface area contributed by atoms with E-state index in [1.807, 2.05) is 0 Å². The molecule has 3 N–H and O–H groups in total. The smallest absolute Gasteiger partial charge is 0.267 e. The van der Waals surface area contributed by atoms with Gasteiger partial charge in [-0.1, -0.05) is 138 Å². The number of aliphatic hydroxyl groups is 1. The molecule has 45 heavy (non-hydrogen) atoms. The van der Waals surface area contributed by atoms with Gasteiger partial charge in [0.25, 0.3) is 10.1 Å². The molecule has 0 heterocycles. The maximum atomic E-state index is 12.4. The first kappa shape index (κ1) is 42.8. The van der Waals surface area contributed by atoms with E-state index >= 15 is 0 Å². The monoisotopic (exact) mass is 647 g/mol. The molecule has 0 aliphatic rings. The van der Waals surface area contributed by atoms with Crippen LogP contribution in [0.1, 0.15) is 142 Å². The first-order valence-corrected chi connectivity index (χ1v) is 19.2. The van der Waals surface area contributed by atoms with Crippen molar-refractivity contribution in [3.05, 3.63) is 72.9 Å². The van der Waals surface area contributed by atoms with Crippen LogP contribution in [0.5, 0.6) is 0 Å². The highest BCUT2D eigenvalue weighted by atomic mass is 32.2. The van der Waals surface area contributed by atoms with Crippen LogP contribution in [0.4, 0.5) is 0 Å². The van der Waals surface area contributed by atoms with Gasteiger partial charge in [0.1, 0.15) is 0 Å². The summed E-state index contributed by atoms with van der Waals surface area (Å²) in [6.07, 6.45) is 44.7. The molecule has 0 aliphatic heterocycles. The zero-order chi connectivity index (χ0) is 33.3. The third-order valence-electron chi connectivity index (χ3n) is 7.37. The predicted molar refractivity (Wildman–Crippen MR) is 193 cm³/mol. The molecule has 2 atom stereocenters. The first-order chi connectivity index (χ1) is 21.8. The zero-order valence-corrected chi connectivity index (χ0v) is 29.3. The summed E-state index contributed by atoms with van der Waals surface area (Å²) in [6, 6.07) is -1.08. The zero-order valence-electron chi connectivity index (χ0n) is 28.5. The number of carbonyl (C=O) groups excluding carboxylic acids is 1. The molecule has 0 bridgehead atoms. The van der Waals surface area contributed by atoms with E-state index in [0.29, 0.717) is 12.8 Å². The number of allylic oxidation sites excluding steroid dienone is 11. The average molecular weight is 648 g/mol. The molecular weight excluding hydrogens is 582 g/mol. The SMILES string of the molecule is CC/C=C\C/C=C\C/C=C\C/C=C\CCCCCCCCCCC(=O)NC(CS(=O)(=O)O)C(O)/C=C/CC/C=C/CCCCC. The van der Waals surface area contributed by atoms with Gasteiger partial charge in [0.05, 0.1) is 17.9 Å². The summed E-state index contributed by atoms with van der Waals surface area (Å²) >= 11 is 0. The van der Waals surface area contributed by atoms with E-state index in [1.165, 1.54) is 51.0 Å². The largest absolute Gasteiger partial charge is 0.387 e. The molecule has 0 aromatic heterocycles. The Kier molecular flexibility index (Phi) is 30.2. The highest BCUT2D eigenvalue weighted by Crippen LogP contribution is 2.12. The van der Waals surface area contributed by atoms with Gasteiger partial charge in [0.15, 0.2) is 0 Å². The van der Waals surface area contributed by atoms with Gasteiger partial charge >= 0.3 is 0 Å². The lowest BCUT2D eigenvalue weighted by molar-refractivity contribution is -0.122. The summed E-state index contributed by atoms with van der Waals surface area (Å²) in [6.45, 7) is 4.33. The molecular formula is C38H65NO5S. The van der Waals surface area contributed by atoms with Crippen LogP contribution in [0.25, 0.3) is 0 Å². The van der Waals surface area contributed by atoms with Crippen molar-refractivity contribution in [3.8, 4) is 0 Å². The summed E-state index contributed by atoms with van der Waals surface area (Å²) in [5.41, 5.74) is 0. The van der Waals surface area contributed by atoms with Crippen molar-refractivity contribution >= 4 is 16.0 Å². The Morgan fingerprint density at radius 1 is 0.622 bits per heavy atom. The predicted octanol–water partition coefficient (Wildman–Crippen LogP) is 9.90. The molecule has 0 aromatic carbocycles. The number of hydrogen-bond donors (Lipinski definition) is 3. The number of unbranched alkanes of at least 4 members (excludes halogenated alkanes) is 12. The number of hydrogen-bond acceptors (Lipinski definition) is 4. The third kappa shape index (κ3) is 33.0. The quantitative estimate of drug-likeness (QED) is 0.0409. The number of amides is 1. The normalized spacial score (nSPS) is 14.3. The van der Waals surface area contributed by atoms with Crippen molar-refractivity contribution in [1.82, 2.24) is 5.32 Å². The van der Waals surface area contributed by atoms with E-state index in [1.54, 1.807) is 6.08 Å². The highest BCUT2D eigenvalue weighted by molar-refractivity contribution is 7.85. The van der Waals surface area contributed by atoms with Gasteiger partial charge in [0.2, 0.25) is 5.91 Å². The van der Waals surface area contributed by atoms with Crippen LogP contribution in [0, 0.1) is 0 Å². The summed E-state index contributed by atoms with van der Waals surface area (Å²) in [5, 5.41) is 13.1. The second-order valence-corrected chi connectivity index (χ2v) is 13.3. The maximum Gasteiger partial charge on any atom is 0.267 e. The summed E-state index contributed by atoms with van der Waals surface area (Å²) in [4.78, 5) is 12.4. The first-order valence-electron chi connectivity index (χ1n) is 17.6. The fourth-order valence-corrected chi connectivity index (χ4v) is 5.48. The Morgan fingerprint density at radius 3 is 1.67 bits per heavy atom. The summed E-state index contributed by atoms with van der Waals surface area (Å²) < 4.78 is 32.2. The van der Waals surface area contributed by atoms with Gasteiger partial charge in [-0.3, -0.25) is 9.35 Å². The molecule has 258 valence electrons. The Morgan fingerprint density at radius 2 is 1.09 bits per heavy atom. The number of aliphatic hydroxyl groups excluding tert-OH is 1. The van der Waals surface area contributed by atoms with Gasteiger partial charge < -0.3 is 10.4 Å². The molecule has 0 aliphatic carbocycles. The minimum absolute atomic E-state index is 0.274. The molecule has 0 fully saturated rings. The van der Waals surface area contributed by atoms with Crippen LogP contribution in [0.15, 0.2) is 72.9 Å². The number of nitrogens with one attached hydrogen (secondary N) is 1. The van der Waals surface area contributed by atoms with Crippen LogP contribution in [-0.2, 0) is 14.9 Å². The van der Waals surface area contributed by atoms with Crippen LogP contribution in [-0.4, -0.2) is 41.9 Å². The Bertz CT molecular complexity index is 978. The third-order valence-corrected chi connectivity index (χ3v) is 8.15. The van der Waals surface area contributed by atoms with E-state index in [9.17, 15) is 22.9 Å². The molecule has 0 rings (SSSR count). The van der Waals surface area contributed by atoms with Gasteiger partial charge in [-0.25, -0.2) is 0 Å². The van der Waals surface area contributed by atoms with Crippen molar-refractivity contribution in [2.75, 3.05) is 5.75 Å². The van der Waals surface area contributed by atoms with Gasteiger partial charge in [-0.15, -0.1) is 0 Å². The summed E-state index contributed by atoms with van der Waals surface area (Å²) in [5.74, 6) is -1.02. The Hall–Kier alpha value is -2.22. The van der Waals surface area contributed by atoms with Crippen LogP contribution >= 0.6 is 0 Å². The molecule has 6 nitrogen and oxygen atoms in total. The molecule has 0 radical (unpaired) electrons. The summed E-state index contributed by atoms with van der Waals surface area (Å²) in [7, 11) is -4.35. The lowest BCUT2D eigenvalue weighted by Crippen LogP contribution is -2.46. The van der Waals surface area contributed by atoms with E-state index in [4.69, 9.17) is 0 Å². The van der Waals surface area contributed by atoms with Crippen molar-refractivity contribution in [1.29, 1.82) is 0 Å². The molecule has 2 unspecified atom stereocenters. The lowest BCUT2D eigenvalue weighted by atomic mass is 10.1. The molecule has 0 saturated heterocycles.